The number of nitrogens with zero attached hydrogens (tertiary/aromatic N) is 1. The number of aryl methyl sites for hydroxylation is 1. The molecule has 3 rings (SSSR count). The molecule has 1 heterocycles. The predicted molar refractivity (Wildman–Crippen MR) is 98.6 cm³/mol. The predicted octanol–water partition coefficient (Wildman–Crippen LogP) is 3.26. The minimum Gasteiger partial charge on any atom is -0.296 e. The molecule has 4 nitrogen and oxygen atoms in total. The number of hydrogen-bond acceptors (Lipinski definition) is 4. The second kappa shape index (κ2) is 7.68. The summed E-state index contributed by atoms with van der Waals surface area (Å²) in [5, 5.41) is -0.414. The van der Waals surface area contributed by atoms with Crippen LogP contribution in [0, 0.1) is 12.7 Å². The van der Waals surface area contributed by atoms with Gasteiger partial charge >= 0.3 is 0 Å². The van der Waals surface area contributed by atoms with E-state index in [2.05, 4.69) is 0 Å². The number of carbonyl (C=O) groups excluding carboxylic acids is 1. The molecule has 1 aliphatic heterocycles. The maximum atomic E-state index is 12.9. The lowest BCUT2D eigenvalue weighted by molar-refractivity contribution is 0.0916. The molecular formula is C20H22FNO3S. The quantitative estimate of drug-likeness (QED) is 0.753. The van der Waals surface area contributed by atoms with Crippen molar-refractivity contribution >= 4 is 15.6 Å². The molecule has 6 heteroatoms. The summed E-state index contributed by atoms with van der Waals surface area (Å²) in [5.41, 5.74) is 1.50. The Morgan fingerprint density at radius 1 is 1.04 bits per heavy atom. The summed E-state index contributed by atoms with van der Waals surface area (Å²) in [6.07, 6.45) is 1.01. The van der Waals surface area contributed by atoms with Gasteiger partial charge in [0.1, 0.15) is 5.82 Å². The maximum Gasteiger partial charge on any atom is 0.181 e. The molecule has 0 bridgehead atoms. The summed E-state index contributed by atoms with van der Waals surface area (Å²) in [7, 11) is -3.34. The highest BCUT2D eigenvalue weighted by Gasteiger charge is 2.31. The first-order chi connectivity index (χ1) is 12.4. The maximum absolute atomic E-state index is 12.9. The Morgan fingerprint density at radius 2 is 1.62 bits per heavy atom. The van der Waals surface area contributed by atoms with Crippen molar-refractivity contribution in [3.63, 3.8) is 0 Å². The van der Waals surface area contributed by atoms with E-state index >= 15 is 0 Å². The van der Waals surface area contributed by atoms with Gasteiger partial charge in [0.05, 0.1) is 16.7 Å². The van der Waals surface area contributed by atoms with Crippen molar-refractivity contribution in [3.8, 4) is 0 Å². The van der Waals surface area contributed by atoms with Crippen molar-refractivity contribution < 1.29 is 17.6 Å². The molecule has 0 spiro atoms. The number of piperidine rings is 1. The van der Waals surface area contributed by atoms with Gasteiger partial charge in [0.2, 0.25) is 0 Å². The molecule has 2 aromatic carbocycles. The van der Waals surface area contributed by atoms with E-state index < -0.39 is 15.1 Å². The van der Waals surface area contributed by atoms with E-state index in [0.29, 0.717) is 36.4 Å². The number of hydrogen-bond donors (Lipinski definition) is 0. The van der Waals surface area contributed by atoms with Crippen molar-refractivity contribution in [1.29, 1.82) is 0 Å². The molecule has 0 aromatic heterocycles. The van der Waals surface area contributed by atoms with E-state index in [1.54, 1.807) is 12.1 Å². The van der Waals surface area contributed by atoms with E-state index in [1.165, 1.54) is 24.3 Å². The fourth-order valence-electron chi connectivity index (χ4n) is 3.23. The molecule has 26 heavy (non-hydrogen) atoms. The molecular weight excluding hydrogens is 353 g/mol. The van der Waals surface area contributed by atoms with Gasteiger partial charge in [0.25, 0.3) is 0 Å². The van der Waals surface area contributed by atoms with Crippen LogP contribution in [0.1, 0.15) is 28.8 Å². The van der Waals surface area contributed by atoms with Crippen LogP contribution in [-0.2, 0) is 9.84 Å². The van der Waals surface area contributed by atoms with Gasteiger partial charge < -0.3 is 0 Å². The molecule has 138 valence electrons. The van der Waals surface area contributed by atoms with Crippen molar-refractivity contribution in [3.05, 3.63) is 65.5 Å². The van der Waals surface area contributed by atoms with Crippen molar-refractivity contribution in [2.45, 2.75) is 29.9 Å². The summed E-state index contributed by atoms with van der Waals surface area (Å²) in [6, 6.07) is 12.4. The van der Waals surface area contributed by atoms with Gasteiger partial charge in [-0.3, -0.25) is 9.69 Å². The zero-order chi connectivity index (χ0) is 18.7. The second-order valence-corrected chi connectivity index (χ2v) is 8.99. The van der Waals surface area contributed by atoms with Crippen LogP contribution in [-0.4, -0.2) is 44.0 Å². The Kier molecular flexibility index (Phi) is 5.53. The molecule has 1 aliphatic rings. The van der Waals surface area contributed by atoms with Gasteiger partial charge in [-0.15, -0.1) is 0 Å². The third-order valence-corrected chi connectivity index (χ3v) is 7.13. The van der Waals surface area contributed by atoms with E-state index in [0.717, 1.165) is 5.56 Å². The van der Waals surface area contributed by atoms with Crippen LogP contribution in [0.15, 0.2) is 53.4 Å². The highest BCUT2D eigenvalue weighted by atomic mass is 32.2. The standard InChI is InChI=1S/C20H22FNO3S/c1-15-2-8-18(9-3-15)26(24,25)19-10-12-22(13-11-19)14-20(23)16-4-6-17(21)7-5-16/h2-9,19H,10-14H2,1H3. The number of halogens is 1. The van der Waals surface area contributed by atoms with Crippen molar-refractivity contribution in [2.24, 2.45) is 0 Å². The molecule has 0 aliphatic carbocycles. The molecule has 1 fully saturated rings. The number of benzene rings is 2. The van der Waals surface area contributed by atoms with Gasteiger partial charge in [0, 0.05) is 5.56 Å². The topological polar surface area (TPSA) is 54.5 Å². The van der Waals surface area contributed by atoms with Crippen LogP contribution in [0.5, 0.6) is 0 Å². The highest BCUT2D eigenvalue weighted by molar-refractivity contribution is 7.92. The zero-order valence-electron chi connectivity index (χ0n) is 14.7. The Balaban J connectivity index is 1.59. The second-order valence-electron chi connectivity index (χ2n) is 6.76. The Bertz CT molecular complexity index is 868. The van der Waals surface area contributed by atoms with Crippen LogP contribution in [0.4, 0.5) is 4.39 Å². The SMILES string of the molecule is Cc1ccc(S(=O)(=O)C2CCN(CC(=O)c3ccc(F)cc3)CC2)cc1. The Hall–Kier alpha value is -2.05. The first-order valence-electron chi connectivity index (χ1n) is 8.68. The number of ketones is 1. The molecule has 1 saturated heterocycles. The van der Waals surface area contributed by atoms with Gasteiger partial charge in [-0.05, 0) is 69.3 Å². The normalized spacial score (nSPS) is 16.5. The molecule has 0 amide bonds. The van der Waals surface area contributed by atoms with E-state index in [4.69, 9.17) is 0 Å². The fraction of sp³-hybridized carbons (Fsp3) is 0.350. The van der Waals surface area contributed by atoms with Crippen molar-refractivity contribution in [2.75, 3.05) is 19.6 Å². The number of carbonyl (C=O) groups is 1. The molecule has 0 saturated carbocycles. The van der Waals surface area contributed by atoms with Gasteiger partial charge in [-0.2, -0.15) is 0 Å². The zero-order valence-corrected chi connectivity index (χ0v) is 15.5. The minimum atomic E-state index is -3.34. The average Bonchev–Trinajstić information content (AvgIpc) is 2.63. The monoisotopic (exact) mass is 375 g/mol. The van der Waals surface area contributed by atoms with E-state index in [1.807, 2.05) is 24.0 Å². The van der Waals surface area contributed by atoms with Gasteiger partial charge in [-0.1, -0.05) is 17.7 Å². The lowest BCUT2D eigenvalue weighted by Gasteiger charge is -2.31. The lowest BCUT2D eigenvalue weighted by atomic mass is 10.1. The van der Waals surface area contributed by atoms with Crippen LogP contribution in [0.3, 0.4) is 0 Å². The highest BCUT2D eigenvalue weighted by Crippen LogP contribution is 2.25. The van der Waals surface area contributed by atoms with Crippen LogP contribution >= 0.6 is 0 Å². The molecule has 0 atom stereocenters. The first-order valence-corrected chi connectivity index (χ1v) is 10.2. The molecule has 2 aromatic rings. The van der Waals surface area contributed by atoms with Gasteiger partial charge in [-0.25, -0.2) is 12.8 Å². The van der Waals surface area contributed by atoms with Crippen LogP contribution in [0.2, 0.25) is 0 Å². The summed E-state index contributed by atoms with van der Waals surface area (Å²) in [5.74, 6) is -0.450. The largest absolute Gasteiger partial charge is 0.296 e. The summed E-state index contributed by atoms with van der Waals surface area (Å²) in [4.78, 5) is 14.6. The lowest BCUT2D eigenvalue weighted by Crippen LogP contribution is -2.41. The Morgan fingerprint density at radius 3 is 2.19 bits per heavy atom. The van der Waals surface area contributed by atoms with E-state index in [-0.39, 0.29) is 18.1 Å². The van der Waals surface area contributed by atoms with Crippen molar-refractivity contribution in [1.82, 2.24) is 4.90 Å². The number of likely N-dealkylation sites (tertiary alicyclic amines) is 1. The average molecular weight is 375 g/mol. The van der Waals surface area contributed by atoms with Crippen LogP contribution in [0.25, 0.3) is 0 Å². The summed E-state index contributed by atoms with van der Waals surface area (Å²) in [6.45, 7) is 3.27. The molecule has 0 N–H and O–H groups in total. The number of rotatable bonds is 5. The Labute approximate surface area is 153 Å². The van der Waals surface area contributed by atoms with Crippen LogP contribution < -0.4 is 0 Å². The smallest absolute Gasteiger partial charge is 0.181 e. The minimum absolute atomic E-state index is 0.0789. The third kappa shape index (κ3) is 4.19. The summed E-state index contributed by atoms with van der Waals surface area (Å²) >= 11 is 0. The van der Waals surface area contributed by atoms with E-state index in [9.17, 15) is 17.6 Å². The summed E-state index contributed by atoms with van der Waals surface area (Å²) < 4.78 is 38.5. The molecule has 0 unspecified atom stereocenters. The number of Topliss-reactive ketones (excluding diaryl/α,β-unsaturated/α-hetero) is 1. The number of sulfone groups is 1. The third-order valence-electron chi connectivity index (χ3n) is 4.86. The fourth-order valence-corrected chi connectivity index (χ4v) is 4.96. The first kappa shape index (κ1) is 18.7. The molecule has 0 radical (unpaired) electrons. The van der Waals surface area contributed by atoms with Gasteiger partial charge in [0.15, 0.2) is 15.6 Å².